The van der Waals surface area contributed by atoms with Crippen molar-refractivity contribution in [1.82, 2.24) is 4.98 Å². The number of fused-ring (bicyclic) bond motifs is 1. The summed E-state index contributed by atoms with van der Waals surface area (Å²) in [5.41, 5.74) is 1.68. The molecule has 0 saturated carbocycles. The Labute approximate surface area is 112 Å². The summed E-state index contributed by atoms with van der Waals surface area (Å²) < 4.78 is 5.78. The highest BCUT2D eigenvalue weighted by Crippen LogP contribution is 2.38. The third kappa shape index (κ3) is 2.10. The Kier molecular flexibility index (Phi) is 2.99. The van der Waals surface area contributed by atoms with Gasteiger partial charge in [-0.15, -0.1) is 0 Å². The first kappa shape index (κ1) is 12.2. The van der Waals surface area contributed by atoms with Gasteiger partial charge in [-0.3, -0.25) is 4.98 Å². The summed E-state index contributed by atoms with van der Waals surface area (Å²) in [6.45, 7) is 2.50. The molecule has 1 aromatic carbocycles. The van der Waals surface area contributed by atoms with Gasteiger partial charge in [0, 0.05) is 23.5 Å². The van der Waals surface area contributed by atoms with Crippen LogP contribution >= 0.6 is 0 Å². The number of para-hydroxylation sites is 1. The Hall–Kier alpha value is -1.87. The Bertz CT molecular complexity index is 579. The van der Waals surface area contributed by atoms with Crippen LogP contribution in [-0.4, -0.2) is 16.7 Å². The lowest BCUT2D eigenvalue weighted by Gasteiger charge is -2.29. The van der Waals surface area contributed by atoms with E-state index in [0.29, 0.717) is 6.61 Å². The van der Waals surface area contributed by atoms with Crippen molar-refractivity contribution < 1.29 is 9.84 Å². The first-order chi connectivity index (χ1) is 9.19. The van der Waals surface area contributed by atoms with Crippen molar-refractivity contribution in [1.29, 1.82) is 0 Å². The molecule has 19 heavy (non-hydrogen) atoms. The Morgan fingerprint density at radius 2 is 2.16 bits per heavy atom. The number of rotatable bonds is 2. The van der Waals surface area contributed by atoms with E-state index in [-0.39, 0.29) is 0 Å². The van der Waals surface area contributed by atoms with E-state index in [1.165, 1.54) is 5.56 Å². The summed E-state index contributed by atoms with van der Waals surface area (Å²) in [5, 5.41) is 10.9. The second-order valence-corrected chi connectivity index (χ2v) is 5.06. The number of aromatic nitrogens is 1. The highest BCUT2D eigenvalue weighted by Gasteiger charge is 2.31. The van der Waals surface area contributed by atoms with Gasteiger partial charge in [-0.05, 0) is 31.4 Å². The third-order valence-corrected chi connectivity index (χ3v) is 3.68. The van der Waals surface area contributed by atoms with Crippen LogP contribution in [-0.2, 0) is 12.0 Å². The molecule has 1 N–H and O–H groups in total. The minimum atomic E-state index is -1.09. The van der Waals surface area contributed by atoms with Crippen LogP contribution in [0.25, 0.3) is 0 Å². The first-order valence-electron chi connectivity index (χ1n) is 6.57. The quantitative estimate of drug-likeness (QED) is 0.897. The van der Waals surface area contributed by atoms with E-state index in [1.807, 2.05) is 24.3 Å². The molecule has 1 unspecified atom stereocenters. The topological polar surface area (TPSA) is 42.4 Å². The van der Waals surface area contributed by atoms with Crippen LogP contribution in [0.5, 0.6) is 5.75 Å². The van der Waals surface area contributed by atoms with Gasteiger partial charge < -0.3 is 9.84 Å². The van der Waals surface area contributed by atoms with Crippen LogP contribution in [0, 0.1) is 0 Å². The minimum absolute atomic E-state index is 0.715. The van der Waals surface area contributed by atoms with Crippen molar-refractivity contribution in [2.45, 2.75) is 25.4 Å². The van der Waals surface area contributed by atoms with E-state index in [1.54, 1.807) is 19.3 Å². The van der Waals surface area contributed by atoms with Crippen molar-refractivity contribution in [3.63, 3.8) is 0 Å². The van der Waals surface area contributed by atoms with Crippen molar-refractivity contribution in [2.75, 3.05) is 6.61 Å². The molecule has 2 heterocycles. The average molecular weight is 255 g/mol. The molecule has 0 saturated heterocycles. The van der Waals surface area contributed by atoms with Crippen LogP contribution in [0.3, 0.4) is 0 Å². The second-order valence-electron chi connectivity index (χ2n) is 5.06. The van der Waals surface area contributed by atoms with Crippen molar-refractivity contribution in [3.8, 4) is 5.75 Å². The lowest BCUT2D eigenvalue weighted by atomic mass is 9.86. The van der Waals surface area contributed by atoms with Crippen molar-refractivity contribution in [3.05, 3.63) is 59.4 Å². The van der Waals surface area contributed by atoms with E-state index < -0.39 is 5.60 Å². The second kappa shape index (κ2) is 4.67. The zero-order valence-corrected chi connectivity index (χ0v) is 11.0. The Balaban J connectivity index is 2.11. The molecule has 3 heteroatoms. The van der Waals surface area contributed by atoms with Crippen LogP contribution < -0.4 is 4.74 Å². The van der Waals surface area contributed by atoms with Gasteiger partial charge in [-0.25, -0.2) is 0 Å². The molecule has 0 spiro atoms. The van der Waals surface area contributed by atoms with E-state index >= 15 is 0 Å². The summed E-state index contributed by atoms with van der Waals surface area (Å²) >= 11 is 0. The third-order valence-electron chi connectivity index (χ3n) is 3.68. The number of aliphatic hydroxyl groups is 1. The number of benzene rings is 1. The molecule has 1 aliphatic heterocycles. The van der Waals surface area contributed by atoms with Gasteiger partial charge in [0.2, 0.25) is 0 Å². The molecule has 1 aromatic heterocycles. The fourth-order valence-electron chi connectivity index (χ4n) is 2.58. The van der Waals surface area contributed by atoms with Crippen molar-refractivity contribution in [2.24, 2.45) is 0 Å². The van der Waals surface area contributed by atoms with E-state index in [4.69, 9.17) is 4.74 Å². The SMILES string of the molecule is CC(O)(c1cccnc1)c1cccc2c1OCCC2. The molecular weight excluding hydrogens is 238 g/mol. The lowest BCUT2D eigenvalue weighted by molar-refractivity contribution is 0.0964. The number of hydrogen-bond acceptors (Lipinski definition) is 3. The summed E-state index contributed by atoms with van der Waals surface area (Å²) in [6, 6.07) is 9.69. The lowest BCUT2D eigenvalue weighted by Crippen LogP contribution is -2.25. The van der Waals surface area contributed by atoms with Gasteiger partial charge in [0.15, 0.2) is 0 Å². The zero-order chi connectivity index (χ0) is 13.3. The first-order valence-corrected chi connectivity index (χ1v) is 6.57. The monoisotopic (exact) mass is 255 g/mol. The van der Waals surface area contributed by atoms with Crippen LogP contribution in [0.1, 0.15) is 30.0 Å². The normalized spacial score (nSPS) is 17.2. The molecule has 0 aliphatic carbocycles. The molecule has 3 rings (SSSR count). The molecule has 0 radical (unpaired) electrons. The highest BCUT2D eigenvalue weighted by molar-refractivity contribution is 5.49. The minimum Gasteiger partial charge on any atom is -0.493 e. The van der Waals surface area contributed by atoms with Crippen LogP contribution in [0.2, 0.25) is 0 Å². The van der Waals surface area contributed by atoms with Gasteiger partial charge >= 0.3 is 0 Å². The predicted molar refractivity (Wildman–Crippen MR) is 73.2 cm³/mol. The molecule has 2 aromatic rings. The van der Waals surface area contributed by atoms with E-state index in [9.17, 15) is 5.11 Å². The van der Waals surface area contributed by atoms with Gasteiger partial charge in [0.25, 0.3) is 0 Å². The fourth-order valence-corrected chi connectivity index (χ4v) is 2.58. The van der Waals surface area contributed by atoms with Gasteiger partial charge in [-0.2, -0.15) is 0 Å². The van der Waals surface area contributed by atoms with Gasteiger partial charge in [-0.1, -0.05) is 24.3 Å². The number of pyridine rings is 1. The molecular formula is C16H17NO2. The van der Waals surface area contributed by atoms with Crippen LogP contribution in [0.15, 0.2) is 42.7 Å². The maximum Gasteiger partial charge on any atom is 0.128 e. The predicted octanol–water partition coefficient (Wildman–Crippen LogP) is 2.66. The highest BCUT2D eigenvalue weighted by atomic mass is 16.5. The standard InChI is InChI=1S/C16H17NO2/c1-16(18,13-7-3-9-17-11-13)14-8-2-5-12-6-4-10-19-15(12)14/h2-3,5,7-9,11,18H,4,6,10H2,1H3. The molecule has 1 atom stereocenters. The number of hydrogen-bond donors (Lipinski definition) is 1. The summed E-state index contributed by atoms with van der Waals surface area (Å²) in [5.74, 6) is 0.836. The smallest absolute Gasteiger partial charge is 0.128 e. The summed E-state index contributed by atoms with van der Waals surface area (Å²) in [6.07, 6.45) is 5.44. The Morgan fingerprint density at radius 3 is 2.95 bits per heavy atom. The molecule has 0 amide bonds. The number of ether oxygens (including phenoxy) is 1. The Morgan fingerprint density at radius 1 is 1.26 bits per heavy atom. The van der Waals surface area contributed by atoms with Gasteiger partial charge in [0.1, 0.15) is 11.4 Å². The molecule has 98 valence electrons. The zero-order valence-electron chi connectivity index (χ0n) is 11.0. The fraction of sp³-hybridized carbons (Fsp3) is 0.312. The van der Waals surface area contributed by atoms with Crippen molar-refractivity contribution >= 4 is 0 Å². The molecule has 3 nitrogen and oxygen atoms in total. The van der Waals surface area contributed by atoms with E-state index in [0.717, 1.165) is 29.7 Å². The molecule has 0 fully saturated rings. The maximum atomic E-state index is 10.9. The molecule has 1 aliphatic rings. The molecule has 0 bridgehead atoms. The average Bonchev–Trinajstić information content (AvgIpc) is 2.47. The van der Waals surface area contributed by atoms with E-state index in [2.05, 4.69) is 11.1 Å². The largest absolute Gasteiger partial charge is 0.493 e. The van der Waals surface area contributed by atoms with Crippen LogP contribution in [0.4, 0.5) is 0 Å². The summed E-state index contributed by atoms with van der Waals surface area (Å²) in [7, 11) is 0. The number of nitrogens with zero attached hydrogens (tertiary/aromatic N) is 1. The maximum absolute atomic E-state index is 10.9. The summed E-state index contributed by atoms with van der Waals surface area (Å²) in [4.78, 5) is 4.09. The number of aryl methyl sites for hydroxylation is 1. The van der Waals surface area contributed by atoms with Gasteiger partial charge in [0.05, 0.1) is 6.61 Å².